The fraction of sp³-hybridized carbons (Fsp3) is 0.429. The molecule has 5 heteroatoms. The maximum absolute atomic E-state index is 13.2. The number of piperazine rings is 1. The summed E-state index contributed by atoms with van der Waals surface area (Å²) in [6.07, 6.45) is 1.79. The van der Waals surface area contributed by atoms with Gasteiger partial charge in [0, 0.05) is 50.4 Å². The fourth-order valence-electron chi connectivity index (χ4n) is 3.63. The Balaban J connectivity index is 1.58. The predicted octanol–water partition coefficient (Wildman–Crippen LogP) is 3.59. The molecule has 3 nitrogen and oxygen atoms in total. The Hall–Kier alpha value is -1.46. The van der Waals surface area contributed by atoms with Crippen LogP contribution in [0.2, 0.25) is 5.02 Å². The molecule has 0 amide bonds. The van der Waals surface area contributed by atoms with Gasteiger partial charge in [0.2, 0.25) is 0 Å². The molecule has 1 aliphatic rings. The minimum absolute atomic E-state index is 0.192. The Bertz CT molecular complexity index is 698. The van der Waals surface area contributed by atoms with E-state index in [1.807, 2.05) is 6.07 Å². The first kappa shape index (κ1) is 19.3. The van der Waals surface area contributed by atoms with Crippen molar-refractivity contribution in [1.82, 2.24) is 9.80 Å². The van der Waals surface area contributed by atoms with Crippen molar-refractivity contribution in [3.8, 4) is 0 Å². The van der Waals surface area contributed by atoms with Gasteiger partial charge in [-0.05, 0) is 36.1 Å². The molecule has 2 aromatic rings. The quantitative estimate of drug-likeness (QED) is 0.800. The highest BCUT2D eigenvalue weighted by Crippen LogP contribution is 2.22. The Morgan fingerprint density at radius 1 is 1.12 bits per heavy atom. The minimum Gasteiger partial charge on any atom is -0.396 e. The first-order chi connectivity index (χ1) is 12.7. The van der Waals surface area contributed by atoms with Crippen molar-refractivity contribution in [2.45, 2.75) is 25.4 Å². The second-order valence-electron chi connectivity index (χ2n) is 6.91. The molecular formula is C21H26ClFN2O. The van der Waals surface area contributed by atoms with E-state index >= 15 is 0 Å². The van der Waals surface area contributed by atoms with Crippen LogP contribution in [0.15, 0.2) is 48.5 Å². The molecule has 1 N–H and O–H groups in total. The lowest BCUT2D eigenvalue weighted by molar-refractivity contribution is 0.0562. The maximum Gasteiger partial charge on any atom is 0.124 e. The van der Waals surface area contributed by atoms with Crippen molar-refractivity contribution in [1.29, 1.82) is 0 Å². The molecule has 0 bridgehead atoms. The molecule has 0 aromatic heterocycles. The molecule has 0 saturated carbocycles. The van der Waals surface area contributed by atoms with Gasteiger partial charge in [-0.2, -0.15) is 0 Å². The number of halogens is 2. The molecular weight excluding hydrogens is 351 g/mol. The van der Waals surface area contributed by atoms with E-state index in [0.29, 0.717) is 17.6 Å². The van der Waals surface area contributed by atoms with Crippen LogP contribution >= 0.6 is 11.6 Å². The fourth-order valence-corrected chi connectivity index (χ4v) is 3.85. The number of hydrogen-bond donors (Lipinski definition) is 1. The van der Waals surface area contributed by atoms with Crippen LogP contribution in [0.3, 0.4) is 0 Å². The molecule has 1 atom stereocenters. The SMILES string of the molecule is OCC[C@@H]1CN(Cc2ccc(F)cc2Cl)CCN1CCc1ccccc1. The zero-order valence-corrected chi connectivity index (χ0v) is 15.7. The number of aliphatic hydroxyl groups excluding tert-OH is 1. The number of hydrogen-bond acceptors (Lipinski definition) is 3. The van der Waals surface area contributed by atoms with E-state index in [4.69, 9.17) is 11.6 Å². The number of aliphatic hydroxyl groups is 1. The summed E-state index contributed by atoms with van der Waals surface area (Å²) >= 11 is 6.18. The van der Waals surface area contributed by atoms with E-state index < -0.39 is 0 Å². The molecule has 1 fully saturated rings. The lowest BCUT2D eigenvalue weighted by atomic mass is 10.1. The van der Waals surface area contributed by atoms with Crippen LogP contribution in [0.4, 0.5) is 4.39 Å². The zero-order valence-electron chi connectivity index (χ0n) is 15.0. The molecule has 140 valence electrons. The highest BCUT2D eigenvalue weighted by Gasteiger charge is 2.26. The second kappa shape index (κ2) is 9.47. The average Bonchev–Trinajstić information content (AvgIpc) is 2.64. The van der Waals surface area contributed by atoms with Crippen molar-refractivity contribution < 1.29 is 9.50 Å². The molecule has 0 radical (unpaired) electrons. The van der Waals surface area contributed by atoms with Crippen LogP contribution in [-0.4, -0.2) is 53.7 Å². The van der Waals surface area contributed by atoms with Gasteiger partial charge in [-0.1, -0.05) is 48.0 Å². The van der Waals surface area contributed by atoms with E-state index in [1.165, 1.54) is 17.7 Å². The Morgan fingerprint density at radius 3 is 2.65 bits per heavy atom. The topological polar surface area (TPSA) is 26.7 Å². The van der Waals surface area contributed by atoms with Crippen LogP contribution in [0.5, 0.6) is 0 Å². The van der Waals surface area contributed by atoms with Crippen LogP contribution in [-0.2, 0) is 13.0 Å². The summed E-state index contributed by atoms with van der Waals surface area (Å²) in [7, 11) is 0. The number of rotatable bonds is 7. The minimum atomic E-state index is -0.303. The standard InChI is InChI=1S/C21H26ClFN2O/c22-21-14-19(23)7-6-18(21)15-24-11-12-25(20(16-24)9-13-26)10-8-17-4-2-1-3-5-17/h1-7,14,20,26H,8-13,15-16H2/t20-/m1/s1. The molecule has 3 rings (SSSR count). The van der Waals surface area contributed by atoms with Crippen LogP contribution < -0.4 is 0 Å². The summed E-state index contributed by atoms with van der Waals surface area (Å²) in [4.78, 5) is 4.82. The molecule has 1 saturated heterocycles. The van der Waals surface area contributed by atoms with Crippen molar-refractivity contribution in [3.05, 3.63) is 70.5 Å². The first-order valence-electron chi connectivity index (χ1n) is 9.21. The van der Waals surface area contributed by atoms with Crippen LogP contribution in [0.1, 0.15) is 17.5 Å². The Morgan fingerprint density at radius 2 is 1.92 bits per heavy atom. The van der Waals surface area contributed by atoms with Crippen molar-refractivity contribution in [2.24, 2.45) is 0 Å². The summed E-state index contributed by atoms with van der Waals surface area (Å²) in [5.41, 5.74) is 2.30. The van der Waals surface area contributed by atoms with Gasteiger partial charge in [0.05, 0.1) is 0 Å². The van der Waals surface area contributed by atoms with Crippen LogP contribution in [0.25, 0.3) is 0 Å². The van der Waals surface area contributed by atoms with Gasteiger partial charge in [0.25, 0.3) is 0 Å². The third-order valence-corrected chi connectivity index (χ3v) is 5.44. The second-order valence-corrected chi connectivity index (χ2v) is 7.32. The molecule has 1 aliphatic heterocycles. The average molecular weight is 377 g/mol. The van der Waals surface area contributed by atoms with Gasteiger partial charge in [0.1, 0.15) is 5.82 Å². The van der Waals surface area contributed by atoms with E-state index in [9.17, 15) is 9.50 Å². The lowest BCUT2D eigenvalue weighted by Gasteiger charge is -2.41. The third kappa shape index (κ3) is 5.27. The summed E-state index contributed by atoms with van der Waals surface area (Å²) in [6, 6.07) is 15.4. The maximum atomic E-state index is 13.2. The smallest absolute Gasteiger partial charge is 0.124 e. The summed E-state index contributed by atoms with van der Waals surface area (Å²) in [5.74, 6) is -0.303. The summed E-state index contributed by atoms with van der Waals surface area (Å²) in [6.45, 7) is 4.72. The highest BCUT2D eigenvalue weighted by atomic mass is 35.5. The normalized spacial score (nSPS) is 19.0. The molecule has 1 heterocycles. The number of nitrogens with zero attached hydrogens (tertiary/aromatic N) is 2. The van der Waals surface area contributed by atoms with E-state index in [0.717, 1.165) is 44.6 Å². The first-order valence-corrected chi connectivity index (χ1v) is 9.58. The monoisotopic (exact) mass is 376 g/mol. The molecule has 0 aliphatic carbocycles. The summed E-state index contributed by atoms with van der Waals surface area (Å²) < 4.78 is 13.2. The van der Waals surface area contributed by atoms with Crippen LogP contribution in [0, 0.1) is 5.82 Å². The van der Waals surface area contributed by atoms with Gasteiger partial charge < -0.3 is 5.11 Å². The molecule has 0 unspecified atom stereocenters. The van der Waals surface area contributed by atoms with E-state index in [1.54, 1.807) is 6.07 Å². The van der Waals surface area contributed by atoms with Gasteiger partial charge in [-0.3, -0.25) is 9.80 Å². The van der Waals surface area contributed by atoms with Crippen molar-refractivity contribution >= 4 is 11.6 Å². The summed E-state index contributed by atoms with van der Waals surface area (Å²) in [5, 5.41) is 9.95. The number of benzene rings is 2. The zero-order chi connectivity index (χ0) is 18.4. The van der Waals surface area contributed by atoms with Crippen molar-refractivity contribution in [2.75, 3.05) is 32.8 Å². The third-order valence-electron chi connectivity index (χ3n) is 5.09. The van der Waals surface area contributed by atoms with E-state index in [-0.39, 0.29) is 12.4 Å². The highest BCUT2D eigenvalue weighted by molar-refractivity contribution is 6.31. The van der Waals surface area contributed by atoms with Crippen molar-refractivity contribution in [3.63, 3.8) is 0 Å². The molecule has 2 aromatic carbocycles. The molecule has 26 heavy (non-hydrogen) atoms. The largest absolute Gasteiger partial charge is 0.396 e. The Labute approximate surface area is 160 Å². The Kier molecular flexibility index (Phi) is 7.03. The van der Waals surface area contributed by atoms with Gasteiger partial charge in [-0.15, -0.1) is 0 Å². The predicted molar refractivity (Wildman–Crippen MR) is 104 cm³/mol. The van der Waals surface area contributed by atoms with Gasteiger partial charge in [0.15, 0.2) is 0 Å². The molecule has 0 spiro atoms. The van der Waals surface area contributed by atoms with E-state index in [2.05, 4.69) is 34.1 Å². The van der Waals surface area contributed by atoms with Gasteiger partial charge in [-0.25, -0.2) is 4.39 Å². The lowest BCUT2D eigenvalue weighted by Crippen LogP contribution is -2.53. The van der Waals surface area contributed by atoms with Gasteiger partial charge >= 0.3 is 0 Å².